The summed E-state index contributed by atoms with van der Waals surface area (Å²) in [6.07, 6.45) is 0.689. The molecule has 98 valence electrons. The first kappa shape index (κ1) is 13.3. The molecule has 1 fully saturated rings. The molecule has 0 saturated carbocycles. The second-order valence-electron chi connectivity index (χ2n) is 4.72. The summed E-state index contributed by atoms with van der Waals surface area (Å²) < 4.78 is 0. The first-order valence-electron chi connectivity index (χ1n) is 5.82. The molecule has 0 atom stereocenters. The van der Waals surface area contributed by atoms with Gasteiger partial charge < -0.3 is 5.11 Å². The summed E-state index contributed by atoms with van der Waals surface area (Å²) in [6, 6.07) is 4.67. The quantitative estimate of drug-likeness (QED) is 0.673. The molecular formula is C12H15ClN2O3. The van der Waals surface area contributed by atoms with Gasteiger partial charge in [0.25, 0.3) is 5.69 Å². The van der Waals surface area contributed by atoms with Crippen LogP contribution in [0.2, 0.25) is 5.02 Å². The zero-order chi connectivity index (χ0) is 13.3. The minimum atomic E-state index is -0.643. The topological polar surface area (TPSA) is 66.6 Å². The van der Waals surface area contributed by atoms with E-state index in [1.165, 1.54) is 6.07 Å². The average Bonchev–Trinajstić information content (AvgIpc) is 2.28. The maximum atomic E-state index is 10.9. The zero-order valence-corrected chi connectivity index (χ0v) is 10.9. The number of halogens is 1. The molecule has 1 aromatic carbocycles. The molecule has 5 nitrogen and oxygen atoms in total. The Hall–Kier alpha value is -1.17. The van der Waals surface area contributed by atoms with Crippen LogP contribution in [0.5, 0.6) is 0 Å². The van der Waals surface area contributed by atoms with Crippen LogP contribution in [0.25, 0.3) is 0 Å². The summed E-state index contributed by atoms with van der Waals surface area (Å²) in [5, 5.41) is 21.2. The number of nitro groups is 1. The van der Waals surface area contributed by atoms with Crippen LogP contribution in [0.4, 0.5) is 5.69 Å². The van der Waals surface area contributed by atoms with Crippen LogP contribution in [0, 0.1) is 10.1 Å². The smallest absolute Gasteiger partial charge is 0.275 e. The molecule has 1 saturated heterocycles. The van der Waals surface area contributed by atoms with Crippen molar-refractivity contribution >= 4 is 17.3 Å². The molecule has 0 amide bonds. The molecular weight excluding hydrogens is 256 g/mol. The minimum Gasteiger partial charge on any atom is -0.387 e. The van der Waals surface area contributed by atoms with Crippen molar-refractivity contribution in [2.24, 2.45) is 0 Å². The van der Waals surface area contributed by atoms with Crippen molar-refractivity contribution in [3.63, 3.8) is 0 Å². The van der Waals surface area contributed by atoms with Gasteiger partial charge in [-0.25, -0.2) is 0 Å². The molecule has 0 bridgehead atoms. The Morgan fingerprint density at radius 2 is 2.22 bits per heavy atom. The zero-order valence-electron chi connectivity index (χ0n) is 10.1. The van der Waals surface area contributed by atoms with E-state index in [2.05, 4.69) is 0 Å². The first-order valence-corrected chi connectivity index (χ1v) is 6.19. The van der Waals surface area contributed by atoms with Crippen molar-refractivity contribution in [1.29, 1.82) is 0 Å². The van der Waals surface area contributed by atoms with E-state index in [4.69, 9.17) is 11.6 Å². The molecule has 1 N–H and O–H groups in total. The molecule has 2 rings (SSSR count). The van der Waals surface area contributed by atoms with E-state index in [-0.39, 0.29) is 5.69 Å². The van der Waals surface area contributed by atoms with Crippen LogP contribution in [0.15, 0.2) is 18.2 Å². The highest BCUT2D eigenvalue weighted by Gasteiger charge is 2.40. The number of β-amino-alcohol motifs (C(OH)–C–C–N with tert-alkyl or cyclic N) is 1. The van der Waals surface area contributed by atoms with Gasteiger partial charge in [-0.15, -0.1) is 0 Å². The predicted octanol–water partition coefficient (Wildman–Crippen LogP) is 2.20. The molecule has 1 aliphatic heterocycles. The number of hydrogen-bond donors (Lipinski definition) is 1. The number of nitrogens with zero attached hydrogens (tertiary/aromatic N) is 2. The van der Waals surface area contributed by atoms with Crippen molar-refractivity contribution in [2.45, 2.75) is 25.5 Å². The molecule has 0 unspecified atom stereocenters. The van der Waals surface area contributed by atoms with E-state index < -0.39 is 10.5 Å². The third kappa shape index (κ3) is 2.48. The van der Waals surface area contributed by atoms with Gasteiger partial charge in [0, 0.05) is 25.7 Å². The fourth-order valence-corrected chi connectivity index (χ4v) is 2.45. The molecule has 0 aromatic heterocycles. The highest BCUT2D eigenvalue weighted by Crippen LogP contribution is 2.32. The number of rotatable bonds is 4. The van der Waals surface area contributed by atoms with Gasteiger partial charge in [0.15, 0.2) is 0 Å². The summed E-state index contributed by atoms with van der Waals surface area (Å²) in [7, 11) is 0. The van der Waals surface area contributed by atoms with Gasteiger partial charge in [-0.2, -0.15) is 0 Å². The maximum absolute atomic E-state index is 10.9. The number of aliphatic hydroxyl groups is 1. The van der Waals surface area contributed by atoms with Gasteiger partial charge in [-0.05, 0) is 12.5 Å². The second-order valence-corrected chi connectivity index (χ2v) is 5.12. The average molecular weight is 271 g/mol. The fourth-order valence-electron chi connectivity index (χ4n) is 2.22. The van der Waals surface area contributed by atoms with Crippen molar-refractivity contribution in [2.75, 3.05) is 13.1 Å². The maximum Gasteiger partial charge on any atom is 0.275 e. The molecule has 0 aliphatic carbocycles. The Kier molecular flexibility index (Phi) is 3.56. The number of benzene rings is 1. The first-order chi connectivity index (χ1) is 8.45. The lowest BCUT2D eigenvalue weighted by Crippen LogP contribution is -2.60. The third-order valence-corrected chi connectivity index (χ3v) is 3.72. The molecule has 1 aromatic rings. The molecule has 6 heteroatoms. The summed E-state index contributed by atoms with van der Waals surface area (Å²) in [4.78, 5) is 12.5. The van der Waals surface area contributed by atoms with Crippen LogP contribution in [0.1, 0.15) is 18.9 Å². The van der Waals surface area contributed by atoms with E-state index in [9.17, 15) is 15.2 Å². The number of likely N-dealkylation sites (tertiary alicyclic amines) is 1. The van der Waals surface area contributed by atoms with Crippen LogP contribution >= 0.6 is 11.6 Å². The molecule has 1 heterocycles. The van der Waals surface area contributed by atoms with Crippen molar-refractivity contribution < 1.29 is 10.0 Å². The van der Waals surface area contributed by atoms with E-state index >= 15 is 0 Å². The molecule has 0 radical (unpaired) electrons. The number of hydrogen-bond acceptors (Lipinski definition) is 4. The highest BCUT2D eigenvalue weighted by molar-refractivity contribution is 6.31. The van der Waals surface area contributed by atoms with Gasteiger partial charge in [-0.1, -0.05) is 24.6 Å². The van der Waals surface area contributed by atoms with Crippen LogP contribution < -0.4 is 0 Å². The minimum absolute atomic E-state index is 0.0365. The second kappa shape index (κ2) is 4.84. The number of nitro benzene ring substituents is 1. The van der Waals surface area contributed by atoms with Gasteiger partial charge in [0.05, 0.1) is 21.1 Å². The monoisotopic (exact) mass is 270 g/mol. The Bertz CT molecular complexity index is 472. The van der Waals surface area contributed by atoms with Gasteiger partial charge >= 0.3 is 0 Å². The largest absolute Gasteiger partial charge is 0.387 e. The summed E-state index contributed by atoms with van der Waals surface area (Å²) >= 11 is 6.01. The van der Waals surface area contributed by atoms with Crippen molar-refractivity contribution in [3.05, 3.63) is 38.9 Å². The van der Waals surface area contributed by atoms with Crippen LogP contribution in [-0.2, 0) is 6.54 Å². The lowest BCUT2D eigenvalue weighted by molar-refractivity contribution is -0.385. The lowest BCUT2D eigenvalue weighted by Gasteiger charge is -2.46. The molecule has 1 aliphatic rings. The SMILES string of the molecule is CCC1(O)CN(Cc2c(Cl)cccc2[N+](=O)[O-])C1. The molecule has 18 heavy (non-hydrogen) atoms. The van der Waals surface area contributed by atoms with Crippen molar-refractivity contribution in [1.82, 2.24) is 4.90 Å². The molecule has 0 spiro atoms. The van der Waals surface area contributed by atoms with Crippen LogP contribution in [-0.4, -0.2) is 33.6 Å². The third-order valence-electron chi connectivity index (χ3n) is 3.37. The van der Waals surface area contributed by atoms with E-state index in [0.29, 0.717) is 36.6 Å². The summed E-state index contributed by atoms with van der Waals surface area (Å²) in [6.45, 7) is 3.39. The standard InChI is InChI=1S/C12H15ClN2O3/c1-2-12(16)7-14(8-12)6-9-10(13)4-3-5-11(9)15(17)18/h3-5,16H,2,6-8H2,1H3. The van der Waals surface area contributed by atoms with Gasteiger partial charge in [0.1, 0.15) is 0 Å². The highest BCUT2D eigenvalue weighted by atomic mass is 35.5. The van der Waals surface area contributed by atoms with Gasteiger partial charge in [0.2, 0.25) is 0 Å². The van der Waals surface area contributed by atoms with E-state index in [1.807, 2.05) is 11.8 Å². The van der Waals surface area contributed by atoms with Crippen molar-refractivity contribution in [3.8, 4) is 0 Å². The van der Waals surface area contributed by atoms with Crippen LogP contribution in [0.3, 0.4) is 0 Å². The Morgan fingerprint density at radius 1 is 1.56 bits per heavy atom. The predicted molar refractivity (Wildman–Crippen MR) is 68.6 cm³/mol. The Labute approximate surface area is 110 Å². The fraction of sp³-hybridized carbons (Fsp3) is 0.500. The Morgan fingerprint density at radius 3 is 2.78 bits per heavy atom. The van der Waals surface area contributed by atoms with Gasteiger partial charge in [-0.3, -0.25) is 15.0 Å². The summed E-state index contributed by atoms with van der Waals surface area (Å²) in [5.41, 5.74) is -0.0903. The Balaban J connectivity index is 2.13. The lowest BCUT2D eigenvalue weighted by atomic mass is 9.91. The van der Waals surface area contributed by atoms with E-state index in [1.54, 1.807) is 12.1 Å². The normalized spacial score (nSPS) is 18.4. The van der Waals surface area contributed by atoms with E-state index in [0.717, 1.165) is 0 Å². The summed E-state index contributed by atoms with van der Waals surface area (Å²) in [5.74, 6) is 0.